The number of nitrogens with zero attached hydrogens (tertiary/aromatic N) is 3. The molecule has 31 heavy (non-hydrogen) atoms. The summed E-state index contributed by atoms with van der Waals surface area (Å²) in [6.07, 6.45) is 0.565. The van der Waals surface area contributed by atoms with Crippen LogP contribution < -0.4 is 0 Å². The van der Waals surface area contributed by atoms with Gasteiger partial charge in [-0.1, -0.05) is 48.4 Å². The first-order chi connectivity index (χ1) is 15.0. The van der Waals surface area contributed by atoms with E-state index < -0.39 is 5.97 Å². The molecule has 4 aromatic rings. The second-order valence-corrected chi connectivity index (χ2v) is 7.52. The lowest BCUT2D eigenvalue weighted by Gasteiger charge is -2.10. The number of carboxylic acid groups (broad SMARTS) is 1. The van der Waals surface area contributed by atoms with E-state index in [1.165, 1.54) is 0 Å². The summed E-state index contributed by atoms with van der Waals surface area (Å²) in [7, 11) is 0. The second-order valence-electron chi connectivity index (χ2n) is 7.52. The minimum Gasteiger partial charge on any atom is -0.478 e. The highest BCUT2D eigenvalue weighted by atomic mass is 16.4. The van der Waals surface area contributed by atoms with Crippen LogP contribution in [0.4, 0.5) is 0 Å². The van der Waals surface area contributed by atoms with Crippen molar-refractivity contribution >= 4 is 17.1 Å². The maximum absolute atomic E-state index is 11.5. The molecule has 4 rings (SSSR count). The molecule has 1 N–H and O–H groups in total. The summed E-state index contributed by atoms with van der Waals surface area (Å²) in [6, 6.07) is 17.1. The Morgan fingerprint density at radius 1 is 1.06 bits per heavy atom. The van der Waals surface area contributed by atoms with Crippen molar-refractivity contribution < 1.29 is 9.90 Å². The van der Waals surface area contributed by atoms with E-state index in [0.29, 0.717) is 24.1 Å². The molecule has 5 heteroatoms. The number of aryl methyl sites for hydroxylation is 2. The summed E-state index contributed by atoms with van der Waals surface area (Å²) in [5.74, 6) is 6.03. The van der Waals surface area contributed by atoms with Gasteiger partial charge in [-0.25, -0.2) is 14.8 Å². The van der Waals surface area contributed by atoms with E-state index in [4.69, 9.17) is 9.97 Å². The van der Waals surface area contributed by atoms with Crippen molar-refractivity contribution in [2.75, 3.05) is 0 Å². The second kappa shape index (κ2) is 8.45. The number of hydrogen-bond acceptors (Lipinski definition) is 3. The molecule has 154 valence electrons. The van der Waals surface area contributed by atoms with E-state index in [9.17, 15) is 9.90 Å². The Morgan fingerprint density at radius 2 is 1.81 bits per heavy atom. The van der Waals surface area contributed by atoms with E-state index in [2.05, 4.69) is 23.3 Å². The van der Waals surface area contributed by atoms with Crippen molar-refractivity contribution in [3.05, 3.63) is 82.8 Å². The van der Waals surface area contributed by atoms with Gasteiger partial charge in [0, 0.05) is 5.69 Å². The Kier molecular flexibility index (Phi) is 5.55. The Morgan fingerprint density at radius 3 is 2.52 bits per heavy atom. The maximum atomic E-state index is 11.5. The quantitative estimate of drug-likeness (QED) is 0.470. The number of aromatic carboxylic acids is 1. The summed E-state index contributed by atoms with van der Waals surface area (Å²) in [5, 5.41) is 9.47. The zero-order chi connectivity index (χ0) is 22.0. The fraction of sp³-hybridized carbons (Fsp3) is 0.192. The molecule has 0 aliphatic carbocycles. The Hall–Kier alpha value is -3.91. The number of carboxylic acids is 1. The van der Waals surface area contributed by atoms with Crippen LogP contribution in [0.3, 0.4) is 0 Å². The highest BCUT2D eigenvalue weighted by Gasteiger charge is 2.15. The topological polar surface area (TPSA) is 68.0 Å². The molecule has 0 amide bonds. The number of hydrogen-bond donors (Lipinski definition) is 1. The molecule has 2 heterocycles. The zero-order valence-corrected chi connectivity index (χ0v) is 17.8. The Balaban J connectivity index is 1.73. The fourth-order valence-electron chi connectivity index (χ4n) is 3.81. The van der Waals surface area contributed by atoms with Crippen molar-refractivity contribution in [3.63, 3.8) is 0 Å². The first-order valence-corrected chi connectivity index (χ1v) is 10.1. The molecule has 0 unspecified atom stereocenters. The molecule has 2 aromatic heterocycles. The molecule has 0 aliphatic rings. The average Bonchev–Trinajstić information content (AvgIpc) is 3.10. The third-order valence-electron chi connectivity index (χ3n) is 5.29. The lowest BCUT2D eigenvalue weighted by atomic mass is 9.99. The molecule has 0 fully saturated rings. The van der Waals surface area contributed by atoms with Gasteiger partial charge in [-0.15, -0.1) is 5.92 Å². The van der Waals surface area contributed by atoms with E-state index in [0.717, 1.165) is 39.4 Å². The number of benzene rings is 2. The highest BCUT2D eigenvalue weighted by molar-refractivity contribution is 5.96. The maximum Gasteiger partial charge on any atom is 0.336 e. The van der Waals surface area contributed by atoms with Gasteiger partial charge in [-0.2, -0.15) is 0 Å². The minimum absolute atomic E-state index is 0.298. The average molecular weight is 409 g/mol. The number of carbonyl (C=O) groups is 1. The van der Waals surface area contributed by atoms with Crippen LogP contribution in [0.5, 0.6) is 0 Å². The van der Waals surface area contributed by atoms with Crippen LogP contribution in [0.2, 0.25) is 0 Å². The Bertz CT molecular complexity index is 1340. The van der Waals surface area contributed by atoms with Crippen LogP contribution >= 0.6 is 0 Å². The molecule has 0 spiro atoms. The number of pyridine rings is 1. The van der Waals surface area contributed by atoms with Crippen LogP contribution in [0, 0.1) is 25.7 Å². The molecule has 0 atom stereocenters. The summed E-state index contributed by atoms with van der Waals surface area (Å²) in [4.78, 5) is 21.1. The van der Waals surface area contributed by atoms with Crippen LogP contribution in [0.25, 0.3) is 22.3 Å². The van der Waals surface area contributed by atoms with Crippen LogP contribution in [0.1, 0.15) is 39.9 Å². The number of aromatic nitrogens is 3. The van der Waals surface area contributed by atoms with Gasteiger partial charge < -0.3 is 9.67 Å². The first-order valence-electron chi connectivity index (χ1n) is 10.1. The Labute approximate surface area is 181 Å². The standard InChI is InChI=1S/C26H23N3O2/c1-4-5-10-23-28-24-17(2)15-18(3)27-25(24)29(23)16-19-11-13-20(14-12-19)21-8-6-7-9-22(21)26(30)31/h6-9,11-15H,10,16H2,1-3H3,(H,30,31). The van der Waals surface area contributed by atoms with Crippen LogP contribution in [-0.2, 0) is 13.0 Å². The summed E-state index contributed by atoms with van der Waals surface area (Å²) in [6.45, 7) is 6.49. The summed E-state index contributed by atoms with van der Waals surface area (Å²) >= 11 is 0. The smallest absolute Gasteiger partial charge is 0.336 e. The molecule has 0 saturated carbocycles. The van der Waals surface area contributed by atoms with Gasteiger partial charge in [0.25, 0.3) is 0 Å². The lowest BCUT2D eigenvalue weighted by molar-refractivity contribution is 0.0697. The predicted octanol–water partition coefficient (Wildman–Crippen LogP) is 5.03. The largest absolute Gasteiger partial charge is 0.478 e. The molecular formula is C26H23N3O2. The molecule has 2 aromatic carbocycles. The van der Waals surface area contributed by atoms with Gasteiger partial charge in [0.2, 0.25) is 0 Å². The first kappa shape index (κ1) is 20.4. The van der Waals surface area contributed by atoms with Crippen molar-refractivity contribution in [1.29, 1.82) is 0 Å². The van der Waals surface area contributed by atoms with Crippen molar-refractivity contribution in [3.8, 4) is 23.0 Å². The van der Waals surface area contributed by atoms with Crippen LogP contribution in [0.15, 0.2) is 54.6 Å². The lowest BCUT2D eigenvalue weighted by Crippen LogP contribution is -2.06. The highest BCUT2D eigenvalue weighted by Crippen LogP contribution is 2.25. The van der Waals surface area contributed by atoms with Gasteiger partial charge in [0.15, 0.2) is 5.65 Å². The van der Waals surface area contributed by atoms with Gasteiger partial charge in [0.05, 0.1) is 18.5 Å². The zero-order valence-electron chi connectivity index (χ0n) is 17.8. The summed E-state index contributed by atoms with van der Waals surface area (Å²) < 4.78 is 2.12. The van der Waals surface area contributed by atoms with Crippen molar-refractivity contribution in [1.82, 2.24) is 14.5 Å². The fourth-order valence-corrected chi connectivity index (χ4v) is 3.81. The van der Waals surface area contributed by atoms with Crippen molar-refractivity contribution in [2.45, 2.75) is 33.7 Å². The van der Waals surface area contributed by atoms with E-state index in [-0.39, 0.29) is 0 Å². The van der Waals surface area contributed by atoms with E-state index in [1.54, 1.807) is 12.1 Å². The van der Waals surface area contributed by atoms with Gasteiger partial charge in [-0.3, -0.25) is 0 Å². The molecule has 0 radical (unpaired) electrons. The van der Waals surface area contributed by atoms with Gasteiger partial charge in [0.1, 0.15) is 11.3 Å². The molecule has 0 saturated heterocycles. The van der Waals surface area contributed by atoms with E-state index in [1.807, 2.05) is 56.3 Å². The number of fused-ring (bicyclic) bond motifs is 1. The number of imidazole rings is 1. The third-order valence-corrected chi connectivity index (χ3v) is 5.29. The monoisotopic (exact) mass is 409 g/mol. The normalized spacial score (nSPS) is 10.7. The molecule has 0 bridgehead atoms. The van der Waals surface area contributed by atoms with Crippen molar-refractivity contribution in [2.24, 2.45) is 0 Å². The number of rotatable bonds is 5. The molecule has 5 nitrogen and oxygen atoms in total. The third kappa shape index (κ3) is 4.06. The van der Waals surface area contributed by atoms with Crippen LogP contribution in [-0.4, -0.2) is 25.6 Å². The predicted molar refractivity (Wildman–Crippen MR) is 122 cm³/mol. The van der Waals surface area contributed by atoms with Gasteiger partial charge in [-0.05, 0) is 55.2 Å². The SMILES string of the molecule is CC#CCc1nc2c(C)cc(C)nc2n1Cc1ccc(-c2ccccc2C(=O)O)cc1. The summed E-state index contributed by atoms with van der Waals surface area (Å²) in [5.41, 5.74) is 6.80. The van der Waals surface area contributed by atoms with Gasteiger partial charge >= 0.3 is 5.97 Å². The molecule has 0 aliphatic heterocycles. The molecular weight excluding hydrogens is 386 g/mol. The minimum atomic E-state index is -0.928. The van der Waals surface area contributed by atoms with E-state index >= 15 is 0 Å².